The van der Waals surface area contributed by atoms with E-state index >= 15 is 0 Å². The molecule has 1 saturated heterocycles. The van der Waals surface area contributed by atoms with Crippen LogP contribution in [-0.4, -0.2) is 24.8 Å². The Morgan fingerprint density at radius 3 is 2.67 bits per heavy atom. The van der Waals surface area contributed by atoms with E-state index in [1.54, 1.807) is 0 Å². The average molecular weight is 245 g/mol. The minimum atomic E-state index is 0.269. The van der Waals surface area contributed by atoms with Gasteiger partial charge in [-0.1, -0.05) is 6.07 Å². The monoisotopic (exact) mass is 245 g/mol. The van der Waals surface area contributed by atoms with Gasteiger partial charge in [-0.05, 0) is 36.5 Å². The summed E-state index contributed by atoms with van der Waals surface area (Å²) < 4.78 is 0. The lowest BCUT2D eigenvalue weighted by molar-refractivity contribution is 0.203. The zero-order chi connectivity index (χ0) is 13.0. The molecule has 96 valence electrons. The first-order valence-corrected chi connectivity index (χ1v) is 6.37. The Balaban J connectivity index is 2.16. The quantitative estimate of drug-likeness (QED) is 0.840. The number of nitriles is 1. The fourth-order valence-electron chi connectivity index (χ4n) is 2.43. The molecule has 2 rings (SSSR count). The van der Waals surface area contributed by atoms with E-state index in [1.165, 1.54) is 0 Å². The van der Waals surface area contributed by atoms with Crippen LogP contribution in [0, 0.1) is 17.2 Å². The fraction of sp³-hybridized carbons (Fsp3) is 0.500. The molecule has 18 heavy (non-hydrogen) atoms. The number of hydrogen-bond acceptors (Lipinski definition) is 4. The maximum atomic E-state index is 9.21. The largest absolute Gasteiger partial charge is 0.396 e. The number of rotatable bonds is 3. The lowest BCUT2D eigenvalue weighted by Crippen LogP contribution is -2.35. The molecule has 0 saturated carbocycles. The summed E-state index contributed by atoms with van der Waals surface area (Å²) in [5.41, 5.74) is 8.26. The van der Waals surface area contributed by atoms with Crippen molar-refractivity contribution in [3.05, 3.63) is 29.3 Å². The molecular weight excluding hydrogens is 226 g/mol. The summed E-state index contributed by atoms with van der Waals surface area (Å²) in [6.07, 6.45) is 1.97. The van der Waals surface area contributed by atoms with Gasteiger partial charge in [0.1, 0.15) is 6.07 Å². The molecule has 0 aliphatic carbocycles. The molecule has 1 aromatic carbocycles. The summed E-state index contributed by atoms with van der Waals surface area (Å²) in [7, 11) is 0. The number of aliphatic hydroxyl groups is 1. The molecule has 3 N–H and O–H groups in total. The van der Waals surface area contributed by atoms with Crippen molar-refractivity contribution in [2.24, 2.45) is 11.7 Å². The predicted octanol–water partition coefficient (Wildman–Crippen LogP) is 1.23. The van der Waals surface area contributed by atoms with Gasteiger partial charge < -0.3 is 15.7 Å². The number of hydrogen-bond donors (Lipinski definition) is 2. The molecule has 1 aromatic rings. The molecule has 0 atom stereocenters. The molecule has 1 heterocycles. The van der Waals surface area contributed by atoms with Gasteiger partial charge in [-0.25, -0.2) is 0 Å². The van der Waals surface area contributed by atoms with E-state index in [2.05, 4.69) is 11.0 Å². The fourth-order valence-corrected chi connectivity index (χ4v) is 2.43. The second kappa shape index (κ2) is 5.85. The Bertz CT molecular complexity index is 445. The van der Waals surface area contributed by atoms with Gasteiger partial charge >= 0.3 is 0 Å². The smallest absolute Gasteiger partial charge is 0.101 e. The van der Waals surface area contributed by atoms with Crippen LogP contribution < -0.4 is 10.6 Å². The SMILES string of the molecule is N#Cc1cc(CN)ccc1N1CCC(CO)CC1. The van der Waals surface area contributed by atoms with Crippen molar-refractivity contribution in [3.63, 3.8) is 0 Å². The Morgan fingerprint density at radius 2 is 2.11 bits per heavy atom. The van der Waals surface area contributed by atoms with Gasteiger partial charge in [0.25, 0.3) is 0 Å². The molecule has 0 radical (unpaired) electrons. The van der Waals surface area contributed by atoms with Crippen molar-refractivity contribution >= 4 is 5.69 Å². The van der Waals surface area contributed by atoms with Gasteiger partial charge in [-0.2, -0.15) is 5.26 Å². The molecule has 0 spiro atoms. The highest BCUT2D eigenvalue weighted by Gasteiger charge is 2.20. The van der Waals surface area contributed by atoms with Crippen LogP contribution in [0.1, 0.15) is 24.0 Å². The lowest BCUT2D eigenvalue weighted by Gasteiger charge is -2.33. The van der Waals surface area contributed by atoms with E-state index in [9.17, 15) is 5.26 Å². The van der Waals surface area contributed by atoms with Crippen LogP contribution in [0.3, 0.4) is 0 Å². The van der Waals surface area contributed by atoms with E-state index in [1.807, 2.05) is 18.2 Å². The van der Waals surface area contributed by atoms with Gasteiger partial charge in [0, 0.05) is 26.2 Å². The van der Waals surface area contributed by atoms with E-state index in [0.29, 0.717) is 18.0 Å². The Kier molecular flexibility index (Phi) is 4.19. The average Bonchev–Trinajstić information content (AvgIpc) is 2.46. The molecule has 0 aromatic heterocycles. The first kappa shape index (κ1) is 12.9. The van der Waals surface area contributed by atoms with Crippen molar-refractivity contribution in [2.45, 2.75) is 19.4 Å². The van der Waals surface area contributed by atoms with E-state index < -0.39 is 0 Å². The molecular formula is C14H19N3O. The molecule has 0 unspecified atom stereocenters. The van der Waals surface area contributed by atoms with Gasteiger partial charge in [0.2, 0.25) is 0 Å². The lowest BCUT2D eigenvalue weighted by atomic mass is 9.96. The first-order valence-electron chi connectivity index (χ1n) is 6.37. The second-order valence-electron chi connectivity index (χ2n) is 4.78. The van der Waals surface area contributed by atoms with Crippen LogP contribution in [0.4, 0.5) is 5.69 Å². The molecule has 4 nitrogen and oxygen atoms in total. The standard InChI is InChI=1S/C14H19N3O/c15-8-12-1-2-14(13(7-12)9-16)17-5-3-11(10-18)4-6-17/h1-2,7,11,18H,3-6,8,10,15H2. The summed E-state index contributed by atoms with van der Waals surface area (Å²) in [6, 6.07) is 8.08. The Hall–Kier alpha value is -1.57. The molecule has 1 aliphatic heterocycles. The predicted molar refractivity (Wildman–Crippen MR) is 71.1 cm³/mol. The highest BCUT2D eigenvalue weighted by Crippen LogP contribution is 2.26. The summed E-state index contributed by atoms with van der Waals surface area (Å²) in [5, 5.41) is 18.3. The Labute approximate surface area is 108 Å². The maximum absolute atomic E-state index is 9.21. The molecule has 1 fully saturated rings. The summed E-state index contributed by atoms with van der Waals surface area (Å²) in [6.45, 7) is 2.54. The van der Waals surface area contributed by atoms with Crippen LogP contribution >= 0.6 is 0 Å². The topological polar surface area (TPSA) is 73.3 Å². The number of aliphatic hydroxyl groups excluding tert-OH is 1. The van der Waals surface area contributed by atoms with Gasteiger partial charge in [-0.3, -0.25) is 0 Å². The first-order chi connectivity index (χ1) is 8.78. The van der Waals surface area contributed by atoms with Crippen molar-refractivity contribution in [1.82, 2.24) is 0 Å². The summed E-state index contributed by atoms with van der Waals surface area (Å²) >= 11 is 0. The third-order valence-electron chi connectivity index (χ3n) is 3.63. The van der Waals surface area contributed by atoms with Gasteiger partial charge in [0.05, 0.1) is 11.3 Å². The van der Waals surface area contributed by atoms with Gasteiger partial charge in [0.15, 0.2) is 0 Å². The van der Waals surface area contributed by atoms with Crippen molar-refractivity contribution in [1.29, 1.82) is 5.26 Å². The normalized spacial score (nSPS) is 16.6. The number of nitrogens with two attached hydrogens (primary N) is 1. The van der Waals surface area contributed by atoms with Crippen LogP contribution in [-0.2, 0) is 6.54 Å². The molecule has 4 heteroatoms. The van der Waals surface area contributed by atoms with Crippen molar-refractivity contribution < 1.29 is 5.11 Å². The van der Waals surface area contributed by atoms with Gasteiger partial charge in [-0.15, -0.1) is 0 Å². The van der Waals surface area contributed by atoms with E-state index in [4.69, 9.17) is 10.8 Å². The number of benzene rings is 1. The molecule has 0 amide bonds. The zero-order valence-electron chi connectivity index (χ0n) is 10.5. The number of nitrogens with zero attached hydrogens (tertiary/aromatic N) is 2. The van der Waals surface area contributed by atoms with Crippen molar-refractivity contribution in [2.75, 3.05) is 24.6 Å². The Morgan fingerprint density at radius 1 is 1.39 bits per heavy atom. The summed E-state index contributed by atoms with van der Waals surface area (Å²) in [5.74, 6) is 0.412. The van der Waals surface area contributed by atoms with Crippen molar-refractivity contribution in [3.8, 4) is 6.07 Å². The molecule has 0 bridgehead atoms. The summed E-state index contributed by atoms with van der Waals surface area (Å²) in [4.78, 5) is 2.23. The third kappa shape index (κ3) is 2.63. The highest BCUT2D eigenvalue weighted by atomic mass is 16.3. The van der Waals surface area contributed by atoms with Crippen LogP contribution in [0.15, 0.2) is 18.2 Å². The highest BCUT2D eigenvalue weighted by molar-refractivity contribution is 5.60. The third-order valence-corrected chi connectivity index (χ3v) is 3.63. The van der Waals surface area contributed by atoms with E-state index in [0.717, 1.165) is 37.2 Å². The van der Waals surface area contributed by atoms with E-state index in [-0.39, 0.29) is 6.61 Å². The second-order valence-corrected chi connectivity index (χ2v) is 4.78. The van der Waals surface area contributed by atoms with Crippen LogP contribution in [0.5, 0.6) is 0 Å². The zero-order valence-corrected chi connectivity index (χ0v) is 10.5. The van der Waals surface area contributed by atoms with Crippen LogP contribution in [0.2, 0.25) is 0 Å². The maximum Gasteiger partial charge on any atom is 0.101 e. The van der Waals surface area contributed by atoms with Crippen LogP contribution in [0.25, 0.3) is 0 Å². The number of piperidine rings is 1. The number of anilines is 1. The minimum absolute atomic E-state index is 0.269. The molecule has 1 aliphatic rings. The minimum Gasteiger partial charge on any atom is -0.396 e.